The number of carbonyl (C=O) groups excluding carboxylic acids is 2. The number of nitrogens with zero attached hydrogens (tertiary/aromatic N) is 1. The van der Waals surface area contributed by atoms with E-state index in [2.05, 4.69) is 31.2 Å². The number of hydrogen-bond acceptors (Lipinski definition) is 6. The first-order valence-electron chi connectivity index (χ1n) is 11.0. The van der Waals surface area contributed by atoms with Gasteiger partial charge < -0.3 is 4.74 Å². The molecule has 0 unspecified atom stereocenters. The summed E-state index contributed by atoms with van der Waals surface area (Å²) in [5.41, 5.74) is 3.60. The minimum atomic E-state index is -3.95. The second-order valence-electron chi connectivity index (χ2n) is 7.77. The lowest BCUT2D eigenvalue weighted by Crippen LogP contribution is -2.21. The lowest BCUT2D eigenvalue weighted by molar-refractivity contribution is 0.0734. The molecule has 192 valence electrons. The Hall–Kier alpha value is -3.99. The highest BCUT2D eigenvalue weighted by atomic mass is 79.9. The van der Waals surface area contributed by atoms with Crippen LogP contribution in [-0.2, 0) is 10.0 Å². The minimum Gasteiger partial charge on any atom is -0.423 e. The standard InChI is InChI=1S/C27H19BrClN3O5S/c28-20-9-7-19(8-10-20)27(34)37-22-13-5-18(6-14-22)17-30-31-26(33)24-3-1-2-4-25(24)32-38(35,36)23-15-11-21(29)12-16-23/h1-17,32H,(H,31,33)/b30-17-. The molecule has 1 amide bonds. The van der Waals surface area contributed by atoms with Crippen LogP contribution in [0, 0.1) is 0 Å². The molecule has 0 saturated heterocycles. The molecule has 0 radical (unpaired) electrons. The Morgan fingerprint density at radius 3 is 2.21 bits per heavy atom. The Bertz CT molecular complexity index is 1590. The van der Waals surface area contributed by atoms with Gasteiger partial charge in [0.1, 0.15) is 5.75 Å². The molecule has 0 aliphatic heterocycles. The number of halogens is 2. The van der Waals surface area contributed by atoms with Gasteiger partial charge >= 0.3 is 5.97 Å². The van der Waals surface area contributed by atoms with E-state index in [1.165, 1.54) is 42.6 Å². The molecule has 11 heteroatoms. The van der Waals surface area contributed by atoms with Gasteiger partial charge in [0.15, 0.2) is 0 Å². The van der Waals surface area contributed by atoms with Gasteiger partial charge in [0.2, 0.25) is 0 Å². The number of rotatable bonds is 8. The predicted octanol–water partition coefficient (Wildman–Crippen LogP) is 5.89. The Morgan fingerprint density at radius 2 is 1.53 bits per heavy atom. The number of para-hydroxylation sites is 1. The average Bonchev–Trinajstić information content (AvgIpc) is 2.90. The minimum absolute atomic E-state index is 0.00102. The van der Waals surface area contributed by atoms with Gasteiger partial charge in [0, 0.05) is 9.50 Å². The van der Waals surface area contributed by atoms with E-state index >= 15 is 0 Å². The molecule has 8 nitrogen and oxygen atoms in total. The number of anilines is 1. The van der Waals surface area contributed by atoms with E-state index in [1.54, 1.807) is 60.7 Å². The second-order valence-corrected chi connectivity index (χ2v) is 10.8. The summed E-state index contributed by atoms with van der Waals surface area (Å²) in [6.45, 7) is 0. The van der Waals surface area contributed by atoms with Gasteiger partial charge in [-0.3, -0.25) is 9.52 Å². The summed E-state index contributed by atoms with van der Waals surface area (Å²) in [5, 5.41) is 4.34. The molecule has 0 saturated carbocycles. The molecule has 2 N–H and O–H groups in total. The fourth-order valence-corrected chi connectivity index (χ4v) is 4.66. The van der Waals surface area contributed by atoms with Gasteiger partial charge in [0.25, 0.3) is 15.9 Å². The highest BCUT2D eigenvalue weighted by Crippen LogP contribution is 2.21. The molecule has 38 heavy (non-hydrogen) atoms. The molecule has 0 bridgehead atoms. The Labute approximate surface area is 232 Å². The number of nitrogens with one attached hydrogen (secondary N) is 2. The summed E-state index contributed by atoms with van der Waals surface area (Å²) in [7, 11) is -3.95. The molecular formula is C27H19BrClN3O5S. The zero-order valence-electron chi connectivity index (χ0n) is 19.5. The van der Waals surface area contributed by atoms with Gasteiger partial charge in [-0.1, -0.05) is 39.7 Å². The third kappa shape index (κ3) is 7.06. The number of ether oxygens (including phenoxy) is 1. The maximum Gasteiger partial charge on any atom is 0.343 e. The van der Waals surface area contributed by atoms with Crippen molar-refractivity contribution in [1.82, 2.24) is 5.43 Å². The zero-order valence-corrected chi connectivity index (χ0v) is 22.6. The third-order valence-electron chi connectivity index (χ3n) is 5.09. The highest BCUT2D eigenvalue weighted by Gasteiger charge is 2.18. The Morgan fingerprint density at radius 1 is 0.868 bits per heavy atom. The molecule has 4 aromatic carbocycles. The molecule has 4 aromatic rings. The van der Waals surface area contributed by atoms with Crippen molar-refractivity contribution in [2.24, 2.45) is 5.10 Å². The summed E-state index contributed by atoms with van der Waals surface area (Å²) in [6.07, 6.45) is 1.40. The van der Waals surface area contributed by atoms with Crippen molar-refractivity contribution in [1.29, 1.82) is 0 Å². The molecule has 0 atom stereocenters. The van der Waals surface area contributed by atoms with Crippen molar-refractivity contribution in [2.45, 2.75) is 4.90 Å². The van der Waals surface area contributed by atoms with E-state index in [1.807, 2.05) is 0 Å². The van der Waals surface area contributed by atoms with Crippen LogP contribution in [0.1, 0.15) is 26.3 Å². The van der Waals surface area contributed by atoms with Crippen LogP contribution in [0.15, 0.2) is 112 Å². The van der Waals surface area contributed by atoms with E-state index in [-0.39, 0.29) is 16.1 Å². The largest absolute Gasteiger partial charge is 0.423 e. The van der Waals surface area contributed by atoms with Crippen LogP contribution in [0.5, 0.6) is 5.75 Å². The SMILES string of the molecule is O=C(Oc1ccc(/C=N\NC(=O)c2ccccc2NS(=O)(=O)c2ccc(Cl)cc2)cc1)c1ccc(Br)cc1. The number of sulfonamides is 1. The monoisotopic (exact) mass is 611 g/mol. The van der Waals surface area contributed by atoms with Crippen LogP contribution in [-0.4, -0.2) is 26.5 Å². The van der Waals surface area contributed by atoms with Crippen molar-refractivity contribution in [3.05, 3.63) is 123 Å². The van der Waals surface area contributed by atoms with E-state index in [4.69, 9.17) is 16.3 Å². The maximum absolute atomic E-state index is 12.7. The number of benzene rings is 4. The van der Waals surface area contributed by atoms with Crippen LogP contribution in [0.4, 0.5) is 5.69 Å². The lowest BCUT2D eigenvalue weighted by Gasteiger charge is -2.11. The first-order valence-corrected chi connectivity index (χ1v) is 13.7. The molecule has 0 aliphatic carbocycles. The topological polar surface area (TPSA) is 114 Å². The van der Waals surface area contributed by atoms with E-state index in [0.29, 0.717) is 21.9 Å². The Balaban J connectivity index is 1.38. The molecule has 0 aromatic heterocycles. The van der Waals surface area contributed by atoms with Crippen molar-refractivity contribution >= 4 is 61.3 Å². The summed E-state index contributed by atoms with van der Waals surface area (Å²) in [5.74, 6) is -0.756. The lowest BCUT2D eigenvalue weighted by atomic mass is 10.2. The first-order chi connectivity index (χ1) is 18.2. The van der Waals surface area contributed by atoms with E-state index in [0.717, 1.165) is 4.47 Å². The van der Waals surface area contributed by atoms with Crippen LogP contribution >= 0.6 is 27.5 Å². The van der Waals surface area contributed by atoms with Gasteiger partial charge in [-0.15, -0.1) is 0 Å². The summed E-state index contributed by atoms with van der Waals surface area (Å²) < 4.78 is 34.1. The smallest absolute Gasteiger partial charge is 0.343 e. The van der Waals surface area contributed by atoms with Crippen molar-refractivity contribution in [3.63, 3.8) is 0 Å². The van der Waals surface area contributed by atoms with Crippen LogP contribution in [0.25, 0.3) is 0 Å². The third-order valence-corrected chi connectivity index (χ3v) is 7.25. The molecule has 0 fully saturated rings. The predicted molar refractivity (Wildman–Crippen MR) is 149 cm³/mol. The fraction of sp³-hybridized carbons (Fsp3) is 0. The van der Waals surface area contributed by atoms with Crippen molar-refractivity contribution in [3.8, 4) is 5.75 Å². The van der Waals surface area contributed by atoms with E-state index < -0.39 is 21.9 Å². The maximum atomic E-state index is 12.7. The van der Waals surface area contributed by atoms with Crippen molar-refractivity contribution < 1.29 is 22.7 Å². The van der Waals surface area contributed by atoms with Crippen LogP contribution < -0.4 is 14.9 Å². The first kappa shape index (κ1) is 27.1. The summed E-state index contributed by atoms with van der Waals surface area (Å²) in [6, 6.07) is 25.1. The van der Waals surface area contributed by atoms with Crippen LogP contribution in [0.2, 0.25) is 5.02 Å². The zero-order chi connectivity index (χ0) is 27.1. The fourth-order valence-electron chi connectivity index (χ4n) is 3.19. The number of hydrogen-bond donors (Lipinski definition) is 2. The molecule has 0 spiro atoms. The van der Waals surface area contributed by atoms with Gasteiger partial charge in [-0.25, -0.2) is 18.6 Å². The van der Waals surface area contributed by atoms with Gasteiger partial charge in [0.05, 0.1) is 27.9 Å². The van der Waals surface area contributed by atoms with Gasteiger partial charge in [-0.05, 0) is 90.5 Å². The number of hydrazone groups is 1. The quantitative estimate of drug-likeness (QED) is 0.112. The molecule has 0 aliphatic rings. The highest BCUT2D eigenvalue weighted by molar-refractivity contribution is 9.10. The number of esters is 1. The summed E-state index contributed by atoms with van der Waals surface area (Å²) >= 11 is 9.15. The van der Waals surface area contributed by atoms with Crippen LogP contribution in [0.3, 0.4) is 0 Å². The second kappa shape index (κ2) is 12.0. The molecule has 4 rings (SSSR count). The summed E-state index contributed by atoms with van der Waals surface area (Å²) in [4.78, 5) is 25.0. The van der Waals surface area contributed by atoms with Crippen molar-refractivity contribution in [2.75, 3.05) is 4.72 Å². The average molecular weight is 613 g/mol. The number of amides is 1. The van der Waals surface area contributed by atoms with Gasteiger partial charge in [-0.2, -0.15) is 5.10 Å². The Kier molecular flexibility index (Phi) is 8.57. The normalized spacial score (nSPS) is 11.2. The molecule has 0 heterocycles. The molecular weight excluding hydrogens is 594 g/mol. The van der Waals surface area contributed by atoms with E-state index in [9.17, 15) is 18.0 Å². The number of carbonyl (C=O) groups is 2.